The SMILES string of the molecule is CCN(CC(=O)NCc1ccccc1F)CC(=O)Nc1ccccc1OC. The minimum absolute atomic E-state index is 0.0459. The molecule has 0 saturated carbocycles. The fourth-order valence-corrected chi connectivity index (χ4v) is 2.51. The first-order valence-electron chi connectivity index (χ1n) is 8.68. The zero-order valence-electron chi connectivity index (χ0n) is 15.5. The Morgan fingerprint density at radius 1 is 1.04 bits per heavy atom. The molecule has 0 saturated heterocycles. The summed E-state index contributed by atoms with van der Waals surface area (Å²) in [7, 11) is 1.53. The van der Waals surface area contributed by atoms with Gasteiger partial charge in [0.15, 0.2) is 0 Å². The second kappa shape index (κ2) is 10.3. The van der Waals surface area contributed by atoms with Crippen molar-refractivity contribution >= 4 is 17.5 Å². The Bertz CT molecular complexity index is 783. The quantitative estimate of drug-likeness (QED) is 0.708. The summed E-state index contributed by atoms with van der Waals surface area (Å²) in [6, 6.07) is 13.4. The minimum atomic E-state index is -0.360. The standard InChI is InChI=1S/C20H24FN3O3/c1-3-24(13-19(25)22-12-15-8-4-5-9-16(15)21)14-20(26)23-17-10-6-7-11-18(17)27-2/h4-11H,3,12-14H2,1-2H3,(H,22,25)(H,23,26). The van der Waals surface area contributed by atoms with E-state index in [1.54, 1.807) is 41.3 Å². The summed E-state index contributed by atoms with van der Waals surface area (Å²) >= 11 is 0. The highest BCUT2D eigenvalue weighted by atomic mass is 19.1. The monoisotopic (exact) mass is 373 g/mol. The van der Waals surface area contributed by atoms with Crippen LogP contribution in [0.15, 0.2) is 48.5 Å². The van der Waals surface area contributed by atoms with Gasteiger partial charge in [-0.05, 0) is 24.7 Å². The Labute approximate surface area is 158 Å². The van der Waals surface area contributed by atoms with E-state index in [1.165, 1.54) is 13.2 Å². The molecule has 0 heterocycles. The predicted octanol–water partition coefficient (Wildman–Crippen LogP) is 2.41. The van der Waals surface area contributed by atoms with E-state index in [-0.39, 0.29) is 37.3 Å². The molecule has 6 nitrogen and oxygen atoms in total. The molecule has 2 amide bonds. The number of hydrogen-bond donors (Lipinski definition) is 2. The molecular formula is C20H24FN3O3. The maximum Gasteiger partial charge on any atom is 0.238 e. The number of methoxy groups -OCH3 is 1. The van der Waals surface area contributed by atoms with Gasteiger partial charge in [-0.3, -0.25) is 14.5 Å². The molecule has 0 radical (unpaired) electrons. The number of carbonyl (C=O) groups excluding carboxylic acids is 2. The summed E-state index contributed by atoms with van der Waals surface area (Å²) < 4.78 is 18.8. The average molecular weight is 373 g/mol. The van der Waals surface area contributed by atoms with Gasteiger partial charge in [-0.25, -0.2) is 4.39 Å². The Balaban J connectivity index is 1.84. The van der Waals surface area contributed by atoms with Crippen molar-refractivity contribution in [2.75, 3.05) is 32.1 Å². The van der Waals surface area contributed by atoms with Crippen LogP contribution in [0.5, 0.6) is 5.75 Å². The number of rotatable bonds is 9. The van der Waals surface area contributed by atoms with Crippen LogP contribution in [0, 0.1) is 5.82 Å². The van der Waals surface area contributed by atoms with E-state index >= 15 is 0 Å². The first kappa shape index (κ1) is 20.4. The number of halogens is 1. The maximum absolute atomic E-state index is 13.6. The average Bonchev–Trinajstić information content (AvgIpc) is 2.67. The highest BCUT2D eigenvalue weighted by Crippen LogP contribution is 2.22. The number of hydrogen-bond acceptors (Lipinski definition) is 4. The first-order valence-corrected chi connectivity index (χ1v) is 8.68. The van der Waals surface area contributed by atoms with E-state index in [9.17, 15) is 14.0 Å². The molecule has 2 rings (SSSR count). The van der Waals surface area contributed by atoms with E-state index < -0.39 is 0 Å². The highest BCUT2D eigenvalue weighted by Gasteiger charge is 2.14. The van der Waals surface area contributed by atoms with Gasteiger partial charge in [0.2, 0.25) is 11.8 Å². The lowest BCUT2D eigenvalue weighted by atomic mass is 10.2. The molecule has 0 atom stereocenters. The molecular weight excluding hydrogens is 349 g/mol. The summed E-state index contributed by atoms with van der Waals surface area (Å²) in [6.45, 7) is 2.59. The Morgan fingerprint density at radius 2 is 1.70 bits per heavy atom. The van der Waals surface area contributed by atoms with Gasteiger partial charge in [0.1, 0.15) is 11.6 Å². The first-order chi connectivity index (χ1) is 13.0. The number of likely N-dealkylation sites (N-methyl/N-ethyl adjacent to an activating group) is 1. The Hall–Kier alpha value is -2.93. The van der Waals surface area contributed by atoms with Gasteiger partial charge in [0.25, 0.3) is 0 Å². The van der Waals surface area contributed by atoms with Crippen molar-refractivity contribution in [3.8, 4) is 5.75 Å². The van der Waals surface area contributed by atoms with Crippen molar-refractivity contribution in [1.29, 1.82) is 0 Å². The van der Waals surface area contributed by atoms with Crippen LogP contribution in [-0.4, -0.2) is 43.5 Å². The lowest BCUT2D eigenvalue weighted by Crippen LogP contribution is -2.41. The summed E-state index contributed by atoms with van der Waals surface area (Å²) in [5.74, 6) is -0.314. The van der Waals surface area contributed by atoms with Crippen molar-refractivity contribution < 1.29 is 18.7 Å². The van der Waals surface area contributed by atoms with Gasteiger partial charge in [0, 0.05) is 12.1 Å². The molecule has 7 heteroatoms. The maximum atomic E-state index is 13.6. The van der Waals surface area contributed by atoms with Gasteiger partial charge >= 0.3 is 0 Å². The number of carbonyl (C=O) groups is 2. The molecule has 0 bridgehead atoms. The zero-order chi connectivity index (χ0) is 19.6. The van der Waals surface area contributed by atoms with Crippen LogP contribution in [0.2, 0.25) is 0 Å². The molecule has 0 aromatic heterocycles. The number of amides is 2. The summed E-state index contributed by atoms with van der Waals surface area (Å²) in [4.78, 5) is 26.1. The lowest BCUT2D eigenvalue weighted by Gasteiger charge is -2.20. The topological polar surface area (TPSA) is 70.7 Å². The van der Waals surface area contributed by atoms with Gasteiger partial charge in [-0.1, -0.05) is 37.3 Å². The second-order valence-electron chi connectivity index (χ2n) is 5.92. The highest BCUT2D eigenvalue weighted by molar-refractivity contribution is 5.94. The molecule has 0 aliphatic carbocycles. The number of nitrogens with one attached hydrogen (secondary N) is 2. The van der Waals surface area contributed by atoms with E-state index in [1.807, 2.05) is 13.0 Å². The Kier molecular flexibility index (Phi) is 7.76. The van der Waals surface area contributed by atoms with Crippen LogP contribution < -0.4 is 15.4 Å². The van der Waals surface area contributed by atoms with Crippen LogP contribution in [0.4, 0.5) is 10.1 Å². The van der Waals surface area contributed by atoms with Gasteiger partial charge in [0.05, 0.1) is 25.9 Å². The van der Waals surface area contributed by atoms with Gasteiger partial charge in [-0.2, -0.15) is 0 Å². The third kappa shape index (κ3) is 6.38. The van der Waals surface area contributed by atoms with Crippen LogP contribution in [-0.2, 0) is 16.1 Å². The van der Waals surface area contributed by atoms with Crippen LogP contribution in [0.1, 0.15) is 12.5 Å². The van der Waals surface area contributed by atoms with Crippen molar-refractivity contribution in [1.82, 2.24) is 10.2 Å². The zero-order valence-corrected chi connectivity index (χ0v) is 15.5. The number of para-hydroxylation sites is 2. The normalized spacial score (nSPS) is 10.5. The minimum Gasteiger partial charge on any atom is -0.495 e. The van der Waals surface area contributed by atoms with E-state index in [2.05, 4.69) is 10.6 Å². The van der Waals surface area contributed by atoms with E-state index in [0.29, 0.717) is 23.5 Å². The molecule has 0 fully saturated rings. The fourth-order valence-electron chi connectivity index (χ4n) is 2.51. The molecule has 0 aliphatic rings. The van der Waals surface area contributed by atoms with E-state index in [0.717, 1.165) is 0 Å². The van der Waals surface area contributed by atoms with E-state index in [4.69, 9.17) is 4.74 Å². The van der Waals surface area contributed by atoms with Crippen LogP contribution >= 0.6 is 0 Å². The second-order valence-corrected chi connectivity index (χ2v) is 5.92. The lowest BCUT2D eigenvalue weighted by molar-refractivity contribution is -0.123. The molecule has 2 aromatic carbocycles. The molecule has 2 aromatic rings. The van der Waals surface area contributed by atoms with Crippen LogP contribution in [0.3, 0.4) is 0 Å². The van der Waals surface area contributed by atoms with Gasteiger partial charge in [-0.15, -0.1) is 0 Å². The molecule has 27 heavy (non-hydrogen) atoms. The van der Waals surface area contributed by atoms with Crippen molar-refractivity contribution in [2.45, 2.75) is 13.5 Å². The molecule has 0 unspecified atom stereocenters. The third-order valence-electron chi connectivity index (χ3n) is 4.00. The Morgan fingerprint density at radius 3 is 2.41 bits per heavy atom. The molecule has 0 spiro atoms. The van der Waals surface area contributed by atoms with Crippen LogP contribution in [0.25, 0.3) is 0 Å². The fraction of sp³-hybridized carbons (Fsp3) is 0.300. The molecule has 0 aliphatic heterocycles. The van der Waals surface area contributed by atoms with Crippen molar-refractivity contribution in [2.24, 2.45) is 0 Å². The summed E-state index contributed by atoms with van der Waals surface area (Å²) in [5, 5.41) is 5.45. The molecule has 144 valence electrons. The predicted molar refractivity (Wildman–Crippen MR) is 102 cm³/mol. The third-order valence-corrected chi connectivity index (χ3v) is 4.00. The number of ether oxygens (including phenoxy) is 1. The number of anilines is 1. The number of nitrogens with zero attached hydrogens (tertiary/aromatic N) is 1. The molecule has 2 N–H and O–H groups in total. The van der Waals surface area contributed by atoms with Gasteiger partial charge < -0.3 is 15.4 Å². The van der Waals surface area contributed by atoms with Crippen molar-refractivity contribution in [3.63, 3.8) is 0 Å². The summed E-state index contributed by atoms with van der Waals surface area (Å²) in [6.07, 6.45) is 0. The van der Waals surface area contributed by atoms with Crippen molar-refractivity contribution in [3.05, 3.63) is 59.9 Å². The largest absolute Gasteiger partial charge is 0.495 e. The number of benzene rings is 2. The summed E-state index contributed by atoms with van der Waals surface area (Å²) in [5.41, 5.74) is 0.993. The smallest absolute Gasteiger partial charge is 0.238 e.